The average molecular weight is 803 g/mol. The summed E-state index contributed by atoms with van der Waals surface area (Å²) in [5, 5.41) is 2.05. The van der Waals surface area contributed by atoms with Gasteiger partial charge in [-0.2, -0.15) is 0 Å². The first-order valence-electron chi connectivity index (χ1n) is 22.9. The lowest BCUT2D eigenvalue weighted by Gasteiger charge is -2.52. The van der Waals surface area contributed by atoms with Gasteiger partial charge in [0.1, 0.15) is 5.58 Å². The summed E-state index contributed by atoms with van der Waals surface area (Å²) in [4.78, 5) is 5.30. The smallest absolute Gasteiger partial charge is 0.257 e. The number of rotatable bonds is 1. The molecule has 0 saturated heterocycles. The van der Waals surface area contributed by atoms with Gasteiger partial charge in [-0.05, 0) is 153 Å². The maximum Gasteiger partial charge on any atom is 0.257 e. The van der Waals surface area contributed by atoms with Crippen LogP contribution in [-0.4, -0.2) is 12.3 Å². The summed E-state index contributed by atoms with van der Waals surface area (Å²) in [5.41, 5.74) is 19.2. The van der Waals surface area contributed by atoms with E-state index in [1.807, 2.05) is 0 Å². The molecule has 2 atom stereocenters. The number of fused-ring (bicyclic) bond motifs is 11. The second kappa shape index (κ2) is 11.4. The molecule has 1 fully saturated rings. The van der Waals surface area contributed by atoms with Crippen molar-refractivity contribution in [1.29, 1.82) is 0 Å². The first kappa shape index (κ1) is 38.3. The van der Waals surface area contributed by atoms with Crippen LogP contribution in [-0.2, 0) is 32.5 Å². The van der Waals surface area contributed by atoms with Crippen LogP contribution in [0.4, 0.5) is 28.6 Å². The van der Waals surface area contributed by atoms with Gasteiger partial charge in [-0.1, -0.05) is 126 Å². The van der Waals surface area contributed by atoms with Crippen molar-refractivity contribution < 1.29 is 4.42 Å². The van der Waals surface area contributed by atoms with Crippen molar-refractivity contribution >= 4 is 74.3 Å². The van der Waals surface area contributed by atoms with E-state index in [4.69, 9.17) is 16.0 Å². The highest BCUT2D eigenvalue weighted by Crippen LogP contribution is 2.63. The second-order valence-electron chi connectivity index (χ2n) is 24.0. The fourth-order valence-electron chi connectivity index (χ4n) is 13.3. The molecule has 5 aromatic rings. The number of anilines is 5. The van der Waals surface area contributed by atoms with E-state index >= 15 is 0 Å². The van der Waals surface area contributed by atoms with Gasteiger partial charge in [-0.15, -0.1) is 0 Å². The maximum absolute atomic E-state index is 7.50. The van der Waals surface area contributed by atoms with Gasteiger partial charge >= 0.3 is 0 Å². The molecule has 1 saturated carbocycles. The zero-order valence-corrected chi connectivity index (χ0v) is 38.9. The Kier molecular flexibility index (Phi) is 7.43. The zero-order valence-electron chi connectivity index (χ0n) is 38.1. The topological polar surface area (TPSA) is 19.6 Å². The number of nitrogens with zero attached hydrogens (tertiary/aromatic N) is 2. The van der Waals surface area contributed by atoms with E-state index in [-0.39, 0.29) is 44.7 Å². The highest BCUT2D eigenvalue weighted by atomic mass is 35.5. The van der Waals surface area contributed by atoms with Crippen LogP contribution in [0.2, 0.25) is 5.02 Å². The predicted molar refractivity (Wildman–Crippen MR) is 253 cm³/mol. The predicted octanol–water partition coefficient (Wildman–Crippen LogP) is 13.4. The number of hydrogen-bond acceptors (Lipinski definition) is 3. The first-order valence-corrected chi connectivity index (χ1v) is 23.3. The van der Waals surface area contributed by atoms with Gasteiger partial charge in [0, 0.05) is 44.0 Å². The van der Waals surface area contributed by atoms with Crippen LogP contribution in [0.3, 0.4) is 0 Å². The first-order chi connectivity index (χ1) is 27.5. The summed E-state index contributed by atoms with van der Waals surface area (Å²) in [6.45, 7) is 31.9. The van der Waals surface area contributed by atoms with Gasteiger partial charge in [0.2, 0.25) is 5.88 Å². The lowest BCUT2D eigenvalue weighted by atomic mass is 9.33. The molecule has 4 heterocycles. The van der Waals surface area contributed by atoms with Crippen molar-refractivity contribution in [2.75, 3.05) is 9.80 Å². The van der Waals surface area contributed by atoms with E-state index in [0.29, 0.717) is 0 Å². The van der Waals surface area contributed by atoms with Crippen molar-refractivity contribution in [3.63, 3.8) is 0 Å². The molecule has 1 aromatic heterocycles. The molecule has 0 N–H and O–H groups in total. The van der Waals surface area contributed by atoms with Crippen LogP contribution in [0, 0.1) is 0 Å². The molecule has 4 aromatic carbocycles. The fourth-order valence-corrected chi connectivity index (χ4v) is 13.5. The molecule has 5 heteroatoms. The monoisotopic (exact) mass is 802 g/mol. The van der Waals surface area contributed by atoms with Gasteiger partial charge in [-0.3, -0.25) is 4.90 Å². The van der Waals surface area contributed by atoms with E-state index in [1.54, 1.807) is 0 Å². The van der Waals surface area contributed by atoms with Crippen LogP contribution >= 0.6 is 11.6 Å². The molecule has 0 spiro atoms. The molecular weight excluding hydrogens is 739 g/mol. The molecule has 3 aliphatic heterocycles. The SMILES string of the molecule is CC(C)(C)c1cc2c3c(c1)C1(C)CCCCC1(C)N3c1cc(Cl)cc3c1B2c1c(oc2cc4c(cc12)C(C)(C)CCC4(C)C)N3c1ccc2c(c1)C(C)(C)CCC2(C)C. The van der Waals surface area contributed by atoms with E-state index in [1.165, 1.54) is 111 Å². The largest absolute Gasteiger partial charge is 0.440 e. The van der Waals surface area contributed by atoms with Crippen LogP contribution in [0.5, 0.6) is 0 Å². The molecule has 3 nitrogen and oxygen atoms in total. The summed E-state index contributed by atoms with van der Waals surface area (Å²) in [7, 11) is 0. The Balaban J connectivity index is 1.29. The zero-order chi connectivity index (χ0) is 41.8. The molecule has 0 bridgehead atoms. The van der Waals surface area contributed by atoms with Gasteiger partial charge in [-0.25, -0.2) is 0 Å². The third-order valence-electron chi connectivity index (χ3n) is 17.5. The molecule has 3 aliphatic carbocycles. The van der Waals surface area contributed by atoms with Crippen molar-refractivity contribution in [2.24, 2.45) is 0 Å². The Morgan fingerprint density at radius 3 is 1.86 bits per heavy atom. The quantitative estimate of drug-likeness (QED) is 0.154. The summed E-state index contributed by atoms with van der Waals surface area (Å²) >= 11 is 7.46. The van der Waals surface area contributed by atoms with Crippen LogP contribution in [0.15, 0.2) is 59.0 Å². The van der Waals surface area contributed by atoms with E-state index in [2.05, 4.69) is 154 Å². The molecule has 59 heavy (non-hydrogen) atoms. The Hall–Kier alpha value is -3.63. The van der Waals surface area contributed by atoms with Crippen molar-refractivity contribution in [1.82, 2.24) is 0 Å². The maximum atomic E-state index is 7.50. The molecular formula is C54H64BClN2O. The van der Waals surface area contributed by atoms with Crippen molar-refractivity contribution in [3.8, 4) is 0 Å². The van der Waals surface area contributed by atoms with Gasteiger partial charge < -0.3 is 9.32 Å². The minimum atomic E-state index is -0.0814. The third kappa shape index (κ3) is 4.85. The highest BCUT2D eigenvalue weighted by molar-refractivity contribution is 7.01. The van der Waals surface area contributed by atoms with Crippen molar-refractivity contribution in [2.45, 2.75) is 179 Å². The molecule has 0 amide bonds. The van der Waals surface area contributed by atoms with Gasteiger partial charge in [0.15, 0.2) is 0 Å². The molecule has 6 aliphatic rings. The highest BCUT2D eigenvalue weighted by Gasteiger charge is 2.62. The number of halogens is 1. The summed E-state index contributed by atoms with van der Waals surface area (Å²) in [6, 6.07) is 22.1. The van der Waals surface area contributed by atoms with Crippen molar-refractivity contribution in [3.05, 3.63) is 93.0 Å². The molecule has 2 unspecified atom stereocenters. The minimum Gasteiger partial charge on any atom is -0.440 e. The number of furan rings is 1. The summed E-state index contributed by atoms with van der Waals surface area (Å²) < 4.78 is 7.50. The summed E-state index contributed by atoms with van der Waals surface area (Å²) in [6.07, 6.45) is 9.55. The van der Waals surface area contributed by atoms with E-state index < -0.39 is 0 Å². The average Bonchev–Trinajstić information content (AvgIpc) is 3.63. The fraction of sp³-hybridized carbons (Fsp3) is 0.519. The second-order valence-corrected chi connectivity index (χ2v) is 24.4. The van der Waals surface area contributed by atoms with Crippen LogP contribution in [0.1, 0.15) is 175 Å². The third-order valence-corrected chi connectivity index (χ3v) is 17.8. The Labute approximate surface area is 359 Å². The normalized spacial score (nSPS) is 26.2. The Morgan fingerprint density at radius 1 is 0.610 bits per heavy atom. The van der Waals surface area contributed by atoms with Crippen LogP contribution in [0.25, 0.3) is 11.0 Å². The molecule has 0 radical (unpaired) electrons. The lowest BCUT2D eigenvalue weighted by Crippen LogP contribution is -2.64. The Morgan fingerprint density at radius 2 is 1.20 bits per heavy atom. The lowest BCUT2D eigenvalue weighted by molar-refractivity contribution is 0.195. The number of hydrogen-bond donors (Lipinski definition) is 0. The van der Waals surface area contributed by atoms with E-state index in [0.717, 1.165) is 34.3 Å². The van der Waals surface area contributed by atoms with Crippen LogP contribution < -0.4 is 26.2 Å². The summed E-state index contributed by atoms with van der Waals surface area (Å²) in [5.74, 6) is 0.952. The molecule has 306 valence electrons. The van der Waals surface area contributed by atoms with Gasteiger partial charge in [0.05, 0.1) is 5.54 Å². The van der Waals surface area contributed by atoms with Gasteiger partial charge in [0.25, 0.3) is 6.71 Å². The molecule has 11 rings (SSSR count). The standard InChI is InChI=1S/C54H64BClN2O/c1-48(2,3)31-24-39-46-40(25-31)55-44-34-29-37-38(52(10,11)23-22-51(37,8)9)30-43(34)59-47(44)57(33-16-17-35-36(28-33)50(6,7)21-20-49(35,4)5)41-26-32(56)27-42(45(41)55)58(46)54(13)19-15-14-18-53(39,54)12/h16-17,24-30H,14-15,18-23H2,1-13H3. The Bertz CT molecular complexity index is 2690. The van der Waals surface area contributed by atoms with E-state index in [9.17, 15) is 0 Å². The minimum absolute atomic E-state index is 0.00446. The number of benzene rings is 4.